The van der Waals surface area contributed by atoms with Gasteiger partial charge in [-0.1, -0.05) is 77.8 Å². The van der Waals surface area contributed by atoms with E-state index >= 15 is 0 Å². The zero-order valence-electron chi connectivity index (χ0n) is 36.2. The predicted octanol–water partition coefficient (Wildman–Crippen LogP) is 8.71. The maximum atomic E-state index is 13.8. The molecule has 1 amide bonds. The van der Waals surface area contributed by atoms with E-state index in [4.69, 9.17) is 11.6 Å². The van der Waals surface area contributed by atoms with Crippen molar-refractivity contribution in [1.29, 1.82) is 0 Å². The van der Waals surface area contributed by atoms with Crippen LogP contribution >= 0.6 is 11.6 Å². The number of amides is 1. The predicted molar refractivity (Wildman–Crippen MR) is 226 cm³/mol. The van der Waals surface area contributed by atoms with Crippen molar-refractivity contribution in [2.75, 3.05) is 13.6 Å². The Hall–Kier alpha value is -2.88. The van der Waals surface area contributed by atoms with Crippen LogP contribution in [0, 0.1) is 74.9 Å². The highest BCUT2D eigenvalue weighted by molar-refractivity contribution is 6.30. The number of hydrogen-bond donors (Lipinski definition) is 4. The number of halogens is 1. The fraction of sp³-hybridized carbons (Fsp3) is 0.729. The normalized spacial score (nSPS) is 37.8. The van der Waals surface area contributed by atoms with Crippen LogP contribution in [-0.2, 0) is 19.2 Å². The minimum Gasteiger partial charge on any atom is -0.481 e. The summed E-state index contributed by atoms with van der Waals surface area (Å²) in [4.78, 5) is 62.3. The molecule has 58 heavy (non-hydrogen) atoms. The van der Waals surface area contributed by atoms with Gasteiger partial charge in [0.2, 0.25) is 5.91 Å². The topological polar surface area (TPSA) is 150 Å². The Labute approximate surface area is 351 Å². The molecule has 0 radical (unpaired) electrons. The summed E-state index contributed by atoms with van der Waals surface area (Å²) in [5.74, 6) is 1.52. The number of likely N-dealkylation sites (N-methyl/N-ethyl adjacent to an activating group) is 1. The molecular weight excluding hydrogens is 752 g/mol. The van der Waals surface area contributed by atoms with Gasteiger partial charge in [-0.15, -0.1) is 0 Å². The first-order valence-corrected chi connectivity index (χ1v) is 22.5. The average molecular weight is 822 g/mol. The third-order valence-electron chi connectivity index (χ3n) is 17.3. The van der Waals surface area contributed by atoms with Gasteiger partial charge in [-0.25, -0.2) is 0 Å². The van der Waals surface area contributed by atoms with Gasteiger partial charge in [-0.05, 0) is 140 Å². The summed E-state index contributed by atoms with van der Waals surface area (Å²) in [6, 6.07) is 6.72. The lowest BCUT2D eigenvalue weighted by atomic mass is 9.35. The number of allylic oxidation sites excluding steroid dienone is 2. The van der Waals surface area contributed by atoms with E-state index in [1.807, 2.05) is 6.92 Å². The number of carboxylic acid groups (broad SMARTS) is 1. The van der Waals surface area contributed by atoms with Gasteiger partial charge in [0.1, 0.15) is 18.3 Å². The number of aliphatic hydroxyl groups is 1. The van der Waals surface area contributed by atoms with Crippen LogP contribution in [-0.4, -0.2) is 59.8 Å². The second-order valence-corrected chi connectivity index (χ2v) is 21.1. The molecule has 1 aromatic carbocycles. The van der Waals surface area contributed by atoms with E-state index in [0.717, 1.165) is 63.2 Å². The molecule has 6 aliphatic rings. The van der Waals surface area contributed by atoms with Crippen LogP contribution in [0.2, 0.25) is 5.02 Å². The van der Waals surface area contributed by atoms with E-state index in [1.54, 1.807) is 31.3 Å². The highest BCUT2D eigenvalue weighted by atomic mass is 35.5. The van der Waals surface area contributed by atoms with E-state index < -0.39 is 17.6 Å². The van der Waals surface area contributed by atoms with Gasteiger partial charge in [0, 0.05) is 41.2 Å². The molecule has 5 saturated carbocycles. The number of benzene rings is 1. The molecule has 0 aromatic heterocycles. The summed E-state index contributed by atoms with van der Waals surface area (Å²) in [6.07, 6.45) is 10.4. The Morgan fingerprint density at radius 2 is 1.60 bits per heavy atom. The third kappa shape index (κ3) is 7.90. The fourth-order valence-corrected chi connectivity index (χ4v) is 14.4. The van der Waals surface area contributed by atoms with Gasteiger partial charge in [-0.2, -0.15) is 0 Å². The minimum absolute atomic E-state index is 0.0290. The van der Waals surface area contributed by atoms with Gasteiger partial charge < -0.3 is 15.5 Å². The SMILES string of the molecule is CNC(O)CNC(=O)CC12CCC3C(CCC4C3(C)CCC3C(C)(C)C(CC(=O)C5CC(C(=O)O)C5C)CCC34C)C1=C(C(C)C)C(=O)C2.O=Cc1ccc(Cl)cc1. The third-order valence-corrected chi connectivity index (χ3v) is 17.5. The van der Waals surface area contributed by atoms with E-state index in [2.05, 4.69) is 52.2 Å². The molecule has 12 unspecified atom stereocenters. The summed E-state index contributed by atoms with van der Waals surface area (Å²) >= 11 is 5.55. The number of Topliss-reactive ketones (excluding diaryl/α,β-unsaturated/α-hetero) is 2. The molecule has 4 N–H and O–H groups in total. The number of ketones is 2. The average Bonchev–Trinajstić information content (AvgIpc) is 3.46. The summed E-state index contributed by atoms with van der Waals surface area (Å²) in [5, 5.41) is 25.8. The Bertz CT molecular complexity index is 1790. The second kappa shape index (κ2) is 16.9. The molecule has 9 nitrogen and oxygen atoms in total. The van der Waals surface area contributed by atoms with Gasteiger partial charge >= 0.3 is 5.97 Å². The van der Waals surface area contributed by atoms with Crippen LogP contribution in [0.3, 0.4) is 0 Å². The van der Waals surface area contributed by atoms with Crippen LogP contribution in [0.1, 0.15) is 136 Å². The Balaban J connectivity index is 0.000000557. The first-order valence-electron chi connectivity index (χ1n) is 22.1. The molecule has 1 aromatic rings. The molecule has 12 atom stereocenters. The molecule has 5 fully saturated rings. The molecule has 0 heterocycles. The number of aldehydes is 1. The summed E-state index contributed by atoms with van der Waals surface area (Å²) < 4.78 is 0. The minimum atomic E-state index is -0.797. The Morgan fingerprint density at radius 1 is 0.931 bits per heavy atom. The first-order chi connectivity index (χ1) is 27.2. The zero-order valence-corrected chi connectivity index (χ0v) is 36.9. The van der Waals surface area contributed by atoms with E-state index in [0.29, 0.717) is 65.9 Å². The van der Waals surface area contributed by atoms with Gasteiger partial charge in [0.25, 0.3) is 0 Å². The van der Waals surface area contributed by atoms with E-state index in [9.17, 15) is 34.2 Å². The number of carbonyl (C=O) groups excluding carboxylic acids is 4. The highest BCUT2D eigenvalue weighted by Crippen LogP contribution is 2.74. The van der Waals surface area contributed by atoms with Crippen LogP contribution in [0.15, 0.2) is 35.4 Å². The zero-order chi connectivity index (χ0) is 42.5. The van der Waals surface area contributed by atoms with Gasteiger partial charge in [0.15, 0.2) is 5.78 Å². The van der Waals surface area contributed by atoms with Crippen molar-refractivity contribution in [2.24, 2.45) is 74.9 Å². The number of hydrogen-bond acceptors (Lipinski definition) is 7. The largest absolute Gasteiger partial charge is 0.481 e. The molecule has 7 rings (SSSR count). The van der Waals surface area contributed by atoms with E-state index in [-0.39, 0.29) is 63.9 Å². The lowest BCUT2D eigenvalue weighted by molar-refractivity contribution is -0.193. The van der Waals surface area contributed by atoms with Crippen LogP contribution in [0.25, 0.3) is 0 Å². The van der Waals surface area contributed by atoms with Crippen molar-refractivity contribution in [1.82, 2.24) is 10.6 Å². The molecule has 0 saturated heterocycles. The molecule has 320 valence electrons. The molecule has 6 aliphatic carbocycles. The molecular formula is C48H69ClN2O7. The number of carboxylic acids is 1. The van der Waals surface area contributed by atoms with Crippen molar-refractivity contribution < 1.29 is 34.2 Å². The Morgan fingerprint density at radius 3 is 2.21 bits per heavy atom. The smallest absolute Gasteiger partial charge is 0.306 e. The van der Waals surface area contributed by atoms with Crippen LogP contribution in [0.4, 0.5) is 0 Å². The van der Waals surface area contributed by atoms with E-state index in [1.165, 1.54) is 5.57 Å². The first kappa shape index (κ1) is 44.7. The number of fused-ring (bicyclic) bond motifs is 7. The van der Waals surface area contributed by atoms with Gasteiger partial charge in [-0.3, -0.25) is 29.3 Å². The molecule has 10 heteroatoms. The molecule has 0 bridgehead atoms. The van der Waals surface area contributed by atoms with Crippen LogP contribution < -0.4 is 10.6 Å². The molecule has 0 aliphatic heterocycles. The van der Waals surface area contributed by atoms with Crippen molar-refractivity contribution in [2.45, 2.75) is 132 Å². The maximum Gasteiger partial charge on any atom is 0.306 e. The highest BCUT2D eigenvalue weighted by Gasteiger charge is 2.66. The Kier molecular flexibility index (Phi) is 13.0. The number of nitrogens with one attached hydrogen (secondary N) is 2. The summed E-state index contributed by atoms with van der Waals surface area (Å²) in [6.45, 7) is 16.4. The number of carbonyl (C=O) groups is 5. The molecule has 0 spiro atoms. The number of rotatable bonds is 11. The van der Waals surface area contributed by atoms with Crippen molar-refractivity contribution >= 4 is 41.3 Å². The van der Waals surface area contributed by atoms with Crippen LogP contribution in [0.5, 0.6) is 0 Å². The lowest BCUT2D eigenvalue weighted by Gasteiger charge is -2.69. The van der Waals surface area contributed by atoms with Crippen molar-refractivity contribution in [3.05, 3.63) is 46.0 Å². The van der Waals surface area contributed by atoms with Gasteiger partial charge in [0.05, 0.1) is 12.5 Å². The quantitative estimate of drug-likeness (QED) is 0.128. The lowest BCUT2D eigenvalue weighted by Crippen LogP contribution is -2.62. The number of aliphatic carboxylic acids is 1. The monoisotopic (exact) mass is 820 g/mol. The standard InChI is InChI=1S/C41H64N2O6.C7H5ClO/c1-22(2)35-30(45)19-41(20-33(46)43-21-34(47)42-8)16-12-28-25(36(35)41)9-10-32-39(28,6)15-13-31-38(4,5)24(11-14-40(31,32)7)17-29(44)26-18-27(23(26)3)37(48)49;8-7-3-1-6(5-9)2-4-7/h22-28,31-32,34,42,47H,9-21H2,1-8H3,(H,43,46)(H,48,49);1-5H. The van der Waals surface area contributed by atoms with Crippen molar-refractivity contribution in [3.8, 4) is 0 Å². The second-order valence-electron chi connectivity index (χ2n) is 20.7. The maximum absolute atomic E-state index is 13.8. The number of aliphatic hydroxyl groups excluding tert-OH is 1. The summed E-state index contributed by atoms with van der Waals surface area (Å²) in [7, 11) is 1.66. The summed E-state index contributed by atoms with van der Waals surface area (Å²) in [5.41, 5.74) is 2.93. The van der Waals surface area contributed by atoms with Crippen molar-refractivity contribution in [3.63, 3.8) is 0 Å². The fourth-order valence-electron chi connectivity index (χ4n) is 14.2.